The molecule has 1 atom stereocenters. The molecule has 2 rings (SSSR count). The summed E-state index contributed by atoms with van der Waals surface area (Å²) in [5.74, 6) is 1.50. The minimum absolute atomic E-state index is 0.129. The highest BCUT2D eigenvalue weighted by molar-refractivity contribution is 9.11. The molecule has 0 radical (unpaired) electrons. The van der Waals surface area contributed by atoms with Crippen LogP contribution in [0.1, 0.15) is 32.2 Å². The summed E-state index contributed by atoms with van der Waals surface area (Å²) < 4.78 is 7.84. The number of halogens is 2. The lowest BCUT2D eigenvalue weighted by molar-refractivity contribution is 0.423. The lowest BCUT2D eigenvalue weighted by Crippen LogP contribution is -2.19. The second-order valence-electron chi connectivity index (χ2n) is 4.40. The van der Waals surface area contributed by atoms with Crippen LogP contribution in [0.5, 0.6) is 0 Å². The van der Waals surface area contributed by atoms with E-state index >= 15 is 0 Å². The average molecular weight is 388 g/mol. The molecule has 1 unspecified atom stereocenters. The smallest absolute Gasteiger partial charge is 0.211 e. The number of nitrogens with one attached hydrogen (secondary N) is 1. The van der Waals surface area contributed by atoms with Gasteiger partial charge >= 0.3 is 0 Å². The number of rotatable bonds is 5. The Hall–Kier alpha value is -0.650. The predicted octanol–water partition coefficient (Wildman–Crippen LogP) is 4.93. The molecule has 0 bridgehead atoms. The van der Waals surface area contributed by atoms with Gasteiger partial charge in [-0.3, -0.25) is 0 Å². The van der Waals surface area contributed by atoms with Gasteiger partial charge in [-0.15, -0.1) is 0 Å². The largest absolute Gasteiger partial charge is 0.439 e. The number of hydrogen-bond acceptors (Lipinski definition) is 3. The molecule has 0 saturated heterocycles. The summed E-state index contributed by atoms with van der Waals surface area (Å²) in [6.45, 7) is 5.16. The van der Waals surface area contributed by atoms with E-state index in [0.29, 0.717) is 0 Å². The zero-order valence-corrected chi connectivity index (χ0v) is 14.1. The lowest BCUT2D eigenvalue weighted by Gasteiger charge is -2.08. The molecule has 19 heavy (non-hydrogen) atoms. The molecule has 0 aliphatic heterocycles. The van der Waals surface area contributed by atoms with Crippen LogP contribution in [0.25, 0.3) is 11.3 Å². The van der Waals surface area contributed by atoms with Crippen molar-refractivity contribution in [1.82, 2.24) is 10.3 Å². The predicted molar refractivity (Wildman–Crippen MR) is 84.0 cm³/mol. The molecule has 102 valence electrons. The van der Waals surface area contributed by atoms with Crippen molar-refractivity contribution in [1.29, 1.82) is 0 Å². The van der Waals surface area contributed by atoms with Crippen LogP contribution in [0.3, 0.4) is 0 Å². The highest BCUT2D eigenvalue weighted by Gasteiger charge is 2.13. The Bertz CT molecular complexity index is 534. The number of oxazole rings is 1. The Labute approximate surface area is 130 Å². The molecule has 1 heterocycles. The number of benzene rings is 1. The van der Waals surface area contributed by atoms with Gasteiger partial charge in [0.05, 0.1) is 12.2 Å². The van der Waals surface area contributed by atoms with Crippen LogP contribution in [0.4, 0.5) is 0 Å². The van der Waals surface area contributed by atoms with Crippen molar-refractivity contribution in [3.05, 3.63) is 39.2 Å². The van der Waals surface area contributed by atoms with Crippen molar-refractivity contribution in [3.63, 3.8) is 0 Å². The quantitative estimate of drug-likeness (QED) is 0.790. The molecule has 0 amide bonds. The summed E-state index contributed by atoms with van der Waals surface area (Å²) in [5.41, 5.74) is 1.00. The van der Waals surface area contributed by atoms with Crippen LogP contribution in [-0.2, 0) is 0 Å². The summed E-state index contributed by atoms with van der Waals surface area (Å²) in [6, 6.07) is 6.15. The number of aromatic nitrogens is 1. The normalized spacial score (nSPS) is 12.6. The minimum Gasteiger partial charge on any atom is -0.439 e. The zero-order valence-electron chi connectivity index (χ0n) is 10.9. The van der Waals surface area contributed by atoms with E-state index < -0.39 is 0 Å². The van der Waals surface area contributed by atoms with Gasteiger partial charge in [0, 0.05) is 14.5 Å². The summed E-state index contributed by atoms with van der Waals surface area (Å²) in [5, 5.41) is 3.36. The number of hydrogen-bond donors (Lipinski definition) is 1. The maximum absolute atomic E-state index is 5.82. The van der Waals surface area contributed by atoms with E-state index in [-0.39, 0.29) is 6.04 Å². The monoisotopic (exact) mass is 386 g/mol. The van der Waals surface area contributed by atoms with E-state index in [1.54, 1.807) is 6.20 Å². The molecular formula is C14H16Br2N2O. The molecule has 0 saturated carbocycles. The van der Waals surface area contributed by atoms with Crippen molar-refractivity contribution >= 4 is 31.9 Å². The van der Waals surface area contributed by atoms with Crippen molar-refractivity contribution in [2.75, 3.05) is 6.54 Å². The van der Waals surface area contributed by atoms with Gasteiger partial charge in [-0.1, -0.05) is 38.8 Å². The van der Waals surface area contributed by atoms with Crippen molar-refractivity contribution in [3.8, 4) is 11.3 Å². The van der Waals surface area contributed by atoms with Crippen molar-refractivity contribution in [2.24, 2.45) is 0 Å². The molecule has 3 nitrogen and oxygen atoms in total. The molecular weight excluding hydrogens is 372 g/mol. The molecule has 5 heteroatoms. The fourth-order valence-corrected chi connectivity index (χ4v) is 3.06. The second kappa shape index (κ2) is 6.68. The summed E-state index contributed by atoms with van der Waals surface area (Å²) in [4.78, 5) is 4.34. The first-order chi connectivity index (χ1) is 9.10. The van der Waals surface area contributed by atoms with Crippen molar-refractivity contribution < 1.29 is 4.42 Å². The van der Waals surface area contributed by atoms with Gasteiger partial charge in [0.1, 0.15) is 0 Å². The zero-order chi connectivity index (χ0) is 13.8. The minimum atomic E-state index is 0.129. The first kappa shape index (κ1) is 14.8. The molecule has 1 aromatic heterocycles. The van der Waals surface area contributed by atoms with Gasteiger partial charge in [0.2, 0.25) is 5.89 Å². The third kappa shape index (κ3) is 3.91. The molecule has 2 aromatic rings. The molecule has 0 spiro atoms. The maximum atomic E-state index is 5.82. The topological polar surface area (TPSA) is 38.1 Å². The summed E-state index contributed by atoms with van der Waals surface area (Å²) >= 11 is 6.95. The second-order valence-corrected chi connectivity index (χ2v) is 6.23. The molecule has 0 aliphatic rings. The van der Waals surface area contributed by atoms with Crippen molar-refractivity contribution in [2.45, 2.75) is 26.3 Å². The molecule has 1 aromatic carbocycles. The van der Waals surface area contributed by atoms with Crippen LogP contribution >= 0.6 is 31.9 Å². The maximum Gasteiger partial charge on any atom is 0.211 e. The van der Waals surface area contributed by atoms with Gasteiger partial charge in [-0.05, 0) is 38.1 Å². The first-order valence-electron chi connectivity index (χ1n) is 6.25. The van der Waals surface area contributed by atoms with Crippen LogP contribution < -0.4 is 5.32 Å². The highest BCUT2D eigenvalue weighted by atomic mass is 79.9. The third-order valence-electron chi connectivity index (χ3n) is 2.74. The van der Waals surface area contributed by atoms with E-state index in [1.165, 1.54) is 0 Å². The Morgan fingerprint density at radius 3 is 2.58 bits per heavy atom. The Morgan fingerprint density at radius 1 is 1.26 bits per heavy atom. The van der Waals surface area contributed by atoms with Gasteiger partial charge in [-0.2, -0.15) is 0 Å². The SMILES string of the molecule is CCCNC(C)c1ncc(-c2cc(Br)cc(Br)c2)o1. The van der Waals surface area contributed by atoms with E-state index in [1.807, 2.05) is 18.2 Å². The van der Waals surface area contributed by atoms with Gasteiger partial charge < -0.3 is 9.73 Å². The Balaban J connectivity index is 2.20. The molecule has 0 fully saturated rings. The van der Waals surface area contributed by atoms with Crippen LogP contribution in [-0.4, -0.2) is 11.5 Å². The fourth-order valence-electron chi connectivity index (χ4n) is 1.77. The average Bonchev–Trinajstić information content (AvgIpc) is 2.84. The van der Waals surface area contributed by atoms with Crippen LogP contribution in [0, 0.1) is 0 Å². The standard InChI is InChI=1S/C14H16Br2N2O/c1-3-4-17-9(2)14-18-8-13(19-14)10-5-11(15)7-12(16)6-10/h5-9,17H,3-4H2,1-2H3. The van der Waals surface area contributed by atoms with Crippen LogP contribution in [0.2, 0.25) is 0 Å². The highest BCUT2D eigenvalue weighted by Crippen LogP contribution is 2.29. The van der Waals surface area contributed by atoms with Gasteiger partial charge in [-0.25, -0.2) is 4.98 Å². The van der Waals surface area contributed by atoms with Gasteiger partial charge in [0.25, 0.3) is 0 Å². The third-order valence-corrected chi connectivity index (χ3v) is 3.66. The first-order valence-corrected chi connectivity index (χ1v) is 7.84. The Morgan fingerprint density at radius 2 is 1.95 bits per heavy atom. The number of nitrogens with zero attached hydrogens (tertiary/aromatic N) is 1. The van der Waals surface area contributed by atoms with E-state index in [9.17, 15) is 0 Å². The van der Waals surface area contributed by atoms with Crippen LogP contribution in [0.15, 0.2) is 37.8 Å². The van der Waals surface area contributed by atoms with E-state index in [2.05, 4.69) is 56.0 Å². The summed E-state index contributed by atoms with van der Waals surface area (Å²) in [7, 11) is 0. The Kier molecular flexibility index (Phi) is 5.19. The lowest BCUT2D eigenvalue weighted by atomic mass is 10.2. The van der Waals surface area contributed by atoms with E-state index in [0.717, 1.165) is 39.1 Å². The van der Waals surface area contributed by atoms with E-state index in [4.69, 9.17) is 4.42 Å². The van der Waals surface area contributed by atoms with Gasteiger partial charge in [0.15, 0.2) is 5.76 Å². The molecule has 0 aliphatic carbocycles. The fraction of sp³-hybridized carbons (Fsp3) is 0.357. The summed E-state index contributed by atoms with van der Waals surface area (Å²) in [6.07, 6.45) is 2.87. The molecule has 1 N–H and O–H groups in total.